The number of hydrogen-bond acceptors (Lipinski definition) is 12. The number of rotatable bonds is 9. The van der Waals surface area contributed by atoms with Crippen LogP contribution in [0.4, 0.5) is 17.8 Å². The van der Waals surface area contributed by atoms with E-state index in [1.54, 1.807) is 48.7 Å². The number of nitrogens with one attached hydrogen (secondary N) is 1. The van der Waals surface area contributed by atoms with E-state index >= 15 is 0 Å². The fourth-order valence-corrected chi connectivity index (χ4v) is 4.07. The van der Waals surface area contributed by atoms with Crippen molar-refractivity contribution in [3.8, 4) is 11.5 Å². The van der Waals surface area contributed by atoms with Gasteiger partial charge >= 0.3 is 5.97 Å². The third kappa shape index (κ3) is 6.98. The first kappa shape index (κ1) is 26.3. The van der Waals surface area contributed by atoms with Crippen molar-refractivity contribution in [1.29, 1.82) is 0 Å². The second-order valence-corrected chi connectivity index (χ2v) is 8.72. The highest BCUT2D eigenvalue weighted by atomic mass is 16.6. The van der Waals surface area contributed by atoms with E-state index in [4.69, 9.17) is 23.9 Å². The van der Waals surface area contributed by atoms with E-state index in [1.165, 1.54) is 0 Å². The van der Waals surface area contributed by atoms with Crippen LogP contribution in [-0.4, -0.2) is 86.3 Å². The Hall–Kier alpha value is -4.29. The van der Waals surface area contributed by atoms with Gasteiger partial charge in [0.1, 0.15) is 0 Å². The molecule has 3 heterocycles. The van der Waals surface area contributed by atoms with E-state index in [0.717, 1.165) is 5.56 Å². The van der Waals surface area contributed by atoms with Crippen LogP contribution >= 0.6 is 0 Å². The van der Waals surface area contributed by atoms with Crippen molar-refractivity contribution in [2.45, 2.75) is 6.92 Å². The second kappa shape index (κ2) is 13.0. The quantitative estimate of drug-likeness (QED) is 0.189. The summed E-state index contributed by atoms with van der Waals surface area (Å²) in [6, 6.07) is 14.0. The Balaban J connectivity index is 1.32. The normalized spacial score (nSPS) is 15.8. The first-order chi connectivity index (χ1) is 19.2. The van der Waals surface area contributed by atoms with Gasteiger partial charge in [-0.25, -0.2) is 10.2 Å². The number of ether oxygens (including phenoxy) is 4. The summed E-state index contributed by atoms with van der Waals surface area (Å²) in [4.78, 5) is 30.5. The molecule has 0 atom stereocenters. The molecule has 0 bridgehead atoms. The number of carbonyl (C=O) groups excluding carboxylic acids is 1. The molecule has 5 rings (SSSR count). The average Bonchev–Trinajstić information content (AvgIpc) is 3.00. The molecular formula is C27H31N7O5. The summed E-state index contributed by atoms with van der Waals surface area (Å²) in [7, 11) is 0. The van der Waals surface area contributed by atoms with Crippen LogP contribution in [0.1, 0.15) is 22.8 Å². The maximum atomic E-state index is 12.5. The lowest BCUT2D eigenvalue weighted by atomic mass is 10.2. The van der Waals surface area contributed by atoms with Crippen LogP contribution in [-0.2, 0) is 9.47 Å². The monoisotopic (exact) mass is 533 g/mol. The molecule has 1 N–H and O–H groups in total. The molecule has 0 spiro atoms. The van der Waals surface area contributed by atoms with Gasteiger partial charge in [0.25, 0.3) is 0 Å². The van der Waals surface area contributed by atoms with Gasteiger partial charge in [-0.05, 0) is 42.8 Å². The van der Waals surface area contributed by atoms with Crippen molar-refractivity contribution in [2.75, 3.05) is 74.4 Å². The van der Waals surface area contributed by atoms with Crippen LogP contribution in [0.3, 0.4) is 0 Å². The van der Waals surface area contributed by atoms with E-state index in [-0.39, 0.29) is 0 Å². The Morgan fingerprint density at radius 1 is 0.923 bits per heavy atom. The Morgan fingerprint density at radius 3 is 2.18 bits per heavy atom. The lowest BCUT2D eigenvalue weighted by molar-refractivity contribution is 0.0728. The first-order valence-electron chi connectivity index (χ1n) is 12.9. The van der Waals surface area contributed by atoms with E-state index < -0.39 is 5.97 Å². The zero-order chi connectivity index (χ0) is 26.9. The summed E-state index contributed by atoms with van der Waals surface area (Å²) < 4.78 is 22.2. The number of hydrogen-bond donors (Lipinski definition) is 1. The van der Waals surface area contributed by atoms with Crippen LogP contribution < -0.4 is 24.7 Å². The summed E-state index contributed by atoms with van der Waals surface area (Å²) in [5, 5.41) is 4.35. The smallest absolute Gasteiger partial charge is 0.343 e. The second-order valence-electron chi connectivity index (χ2n) is 8.72. The van der Waals surface area contributed by atoms with Gasteiger partial charge in [-0.15, -0.1) is 0 Å². The van der Waals surface area contributed by atoms with Crippen molar-refractivity contribution in [3.05, 3.63) is 59.7 Å². The maximum absolute atomic E-state index is 12.5. The summed E-state index contributed by atoms with van der Waals surface area (Å²) >= 11 is 0. The Labute approximate surface area is 226 Å². The minimum Gasteiger partial charge on any atom is -0.490 e. The predicted molar refractivity (Wildman–Crippen MR) is 146 cm³/mol. The van der Waals surface area contributed by atoms with Crippen molar-refractivity contribution in [1.82, 2.24) is 15.0 Å². The summed E-state index contributed by atoms with van der Waals surface area (Å²) in [6.07, 6.45) is 1.62. The topological polar surface area (TPSA) is 124 Å². The van der Waals surface area contributed by atoms with Gasteiger partial charge in [-0.2, -0.15) is 20.1 Å². The van der Waals surface area contributed by atoms with Crippen molar-refractivity contribution in [2.24, 2.45) is 5.10 Å². The summed E-state index contributed by atoms with van der Waals surface area (Å²) in [5.74, 6) is 1.81. The van der Waals surface area contributed by atoms with Crippen molar-refractivity contribution in [3.63, 3.8) is 0 Å². The molecule has 12 heteroatoms. The SMILES string of the molecule is CCOc1cc(/C=N\Nc2nc(N3CCOCC3)nc(N3CCOCC3)n2)ccc1OC(=O)c1ccccc1. The maximum Gasteiger partial charge on any atom is 0.343 e. The van der Waals surface area contributed by atoms with Gasteiger partial charge in [0.15, 0.2) is 11.5 Å². The highest BCUT2D eigenvalue weighted by Gasteiger charge is 2.20. The molecule has 0 saturated carbocycles. The molecule has 2 fully saturated rings. The zero-order valence-electron chi connectivity index (χ0n) is 21.8. The third-order valence-electron chi connectivity index (χ3n) is 6.06. The molecule has 0 unspecified atom stereocenters. The Bertz CT molecular complexity index is 1240. The van der Waals surface area contributed by atoms with Crippen LogP contribution in [0.2, 0.25) is 0 Å². The van der Waals surface area contributed by atoms with Gasteiger partial charge in [0, 0.05) is 26.2 Å². The van der Waals surface area contributed by atoms with Gasteiger partial charge < -0.3 is 28.7 Å². The number of morpholine rings is 2. The van der Waals surface area contributed by atoms with Gasteiger partial charge in [0.05, 0.1) is 44.8 Å². The number of anilines is 3. The van der Waals surface area contributed by atoms with Crippen molar-refractivity contribution >= 4 is 30.0 Å². The largest absolute Gasteiger partial charge is 0.490 e. The van der Waals surface area contributed by atoms with E-state index in [1.807, 2.05) is 13.0 Å². The van der Waals surface area contributed by atoms with Crippen LogP contribution in [0.15, 0.2) is 53.6 Å². The molecule has 2 saturated heterocycles. The fourth-order valence-electron chi connectivity index (χ4n) is 4.07. The number of benzene rings is 2. The highest BCUT2D eigenvalue weighted by Crippen LogP contribution is 2.29. The number of carbonyl (C=O) groups is 1. The van der Waals surface area contributed by atoms with E-state index in [2.05, 4.69) is 30.3 Å². The van der Waals surface area contributed by atoms with E-state index in [0.29, 0.717) is 94.1 Å². The molecule has 12 nitrogen and oxygen atoms in total. The standard InChI is InChI=1S/C27H31N7O5/c1-2-38-23-18-20(8-9-22(23)39-24(35)21-6-4-3-5-7-21)19-28-32-25-29-26(33-10-14-36-15-11-33)31-27(30-25)34-12-16-37-17-13-34/h3-9,18-19H,2,10-17H2,1H3,(H,29,30,31,32)/b28-19-. The van der Waals surface area contributed by atoms with Crippen molar-refractivity contribution < 1.29 is 23.7 Å². The fraction of sp³-hybridized carbons (Fsp3) is 0.370. The molecule has 0 radical (unpaired) electrons. The Morgan fingerprint density at radius 2 is 1.56 bits per heavy atom. The van der Waals surface area contributed by atoms with Gasteiger partial charge in [-0.1, -0.05) is 18.2 Å². The van der Waals surface area contributed by atoms with E-state index in [9.17, 15) is 4.79 Å². The van der Waals surface area contributed by atoms with Gasteiger partial charge in [0.2, 0.25) is 17.8 Å². The molecule has 0 amide bonds. The molecule has 3 aromatic rings. The minimum absolute atomic E-state index is 0.332. The average molecular weight is 534 g/mol. The first-order valence-corrected chi connectivity index (χ1v) is 12.9. The number of nitrogens with zero attached hydrogens (tertiary/aromatic N) is 6. The van der Waals surface area contributed by atoms with Crippen LogP contribution in [0.25, 0.3) is 0 Å². The molecule has 204 valence electrons. The highest BCUT2D eigenvalue weighted by molar-refractivity contribution is 5.91. The summed E-state index contributed by atoms with van der Waals surface area (Å²) in [5.41, 5.74) is 4.13. The molecule has 2 aliphatic rings. The molecule has 39 heavy (non-hydrogen) atoms. The predicted octanol–water partition coefficient (Wildman–Crippen LogP) is 2.61. The van der Waals surface area contributed by atoms with Crippen LogP contribution in [0.5, 0.6) is 11.5 Å². The number of aromatic nitrogens is 3. The lowest BCUT2D eigenvalue weighted by Crippen LogP contribution is -2.40. The molecular weight excluding hydrogens is 502 g/mol. The zero-order valence-corrected chi connectivity index (χ0v) is 21.8. The van der Waals surface area contributed by atoms with Crippen LogP contribution in [0, 0.1) is 0 Å². The minimum atomic E-state index is -0.457. The lowest BCUT2D eigenvalue weighted by Gasteiger charge is -2.30. The van der Waals surface area contributed by atoms with Gasteiger partial charge in [-0.3, -0.25) is 0 Å². The molecule has 2 aromatic carbocycles. The molecule has 1 aromatic heterocycles. The third-order valence-corrected chi connectivity index (χ3v) is 6.06. The Kier molecular flexibility index (Phi) is 8.76. The number of hydrazone groups is 1. The summed E-state index contributed by atoms with van der Waals surface area (Å²) in [6.45, 7) is 7.59. The number of esters is 1. The molecule has 2 aliphatic heterocycles. The molecule has 0 aliphatic carbocycles.